The largest absolute Gasteiger partial charge is 0.364 e. The second kappa shape index (κ2) is 5.07. The number of thiophene rings is 1. The van der Waals surface area contributed by atoms with E-state index in [-0.39, 0.29) is 0 Å². The predicted octanol–water partition coefficient (Wildman–Crippen LogP) is 3.63. The number of hydrogen-bond donors (Lipinski definition) is 0. The lowest BCUT2D eigenvalue weighted by Gasteiger charge is -2.17. The molecule has 0 radical (unpaired) electrons. The average molecular weight is 195 g/mol. The third kappa shape index (κ3) is 2.59. The Bertz CT molecular complexity index is 271. The van der Waals surface area contributed by atoms with Gasteiger partial charge in [-0.25, -0.2) is 0 Å². The second-order valence-electron chi connectivity index (χ2n) is 2.85. The van der Waals surface area contributed by atoms with Gasteiger partial charge in [0.05, 0.1) is 5.00 Å². The molecule has 0 unspecified atom stereocenters. The van der Waals surface area contributed by atoms with Crippen molar-refractivity contribution in [3.8, 4) is 0 Å². The topological polar surface area (TPSA) is 3.24 Å². The molecule has 0 N–H and O–H groups in total. The van der Waals surface area contributed by atoms with Crippen molar-refractivity contribution in [3.63, 3.8) is 0 Å². The number of nitrogens with zero attached hydrogens (tertiary/aromatic N) is 1. The molecule has 0 fully saturated rings. The summed E-state index contributed by atoms with van der Waals surface area (Å²) in [6.07, 6.45) is 4.23. The molecular formula is C11H17NS. The molecule has 0 spiro atoms. The molecule has 13 heavy (non-hydrogen) atoms. The lowest BCUT2D eigenvalue weighted by Crippen LogP contribution is -2.20. The van der Waals surface area contributed by atoms with Gasteiger partial charge in [-0.05, 0) is 39.0 Å². The van der Waals surface area contributed by atoms with Gasteiger partial charge in [0.25, 0.3) is 0 Å². The van der Waals surface area contributed by atoms with Crippen LogP contribution in [0.3, 0.4) is 0 Å². The molecule has 0 aliphatic heterocycles. The van der Waals surface area contributed by atoms with Crippen LogP contribution in [0.4, 0.5) is 5.00 Å². The zero-order chi connectivity index (χ0) is 9.68. The zero-order valence-corrected chi connectivity index (χ0v) is 9.40. The van der Waals surface area contributed by atoms with Crippen LogP contribution < -0.4 is 4.90 Å². The van der Waals surface area contributed by atoms with Crippen LogP contribution in [0.25, 0.3) is 6.08 Å². The average Bonchev–Trinajstić information content (AvgIpc) is 2.56. The van der Waals surface area contributed by atoms with Crippen LogP contribution in [0.15, 0.2) is 18.2 Å². The van der Waals surface area contributed by atoms with E-state index in [9.17, 15) is 0 Å². The molecule has 0 saturated heterocycles. The second-order valence-corrected chi connectivity index (χ2v) is 3.94. The van der Waals surface area contributed by atoms with E-state index in [2.05, 4.69) is 50.0 Å². The van der Waals surface area contributed by atoms with Gasteiger partial charge < -0.3 is 4.90 Å². The first-order chi connectivity index (χ1) is 6.31. The molecule has 72 valence electrons. The summed E-state index contributed by atoms with van der Waals surface area (Å²) in [5.41, 5.74) is 0. The molecule has 0 saturated carbocycles. The van der Waals surface area contributed by atoms with Crippen LogP contribution >= 0.6 is 11.3 Å². The Morgan fingerprint density at radius 1 is 1.31 bits per heavy atom. The fourth-order valence-electron chi connectivity index (χ4n) is 1.30. The van der Waals surface area contributed by atoms with Gasteiger partial charge >= 0.3 is 0 Å². The summed E-state index contributed by atoms with van der Waals surface area (Å²) >= 11 is 1.85. The van der Waals surface area contributed by atoms with Crippen molar-refractivity contribution in [1.29, 1.82) is 0 Å². The van der Waals surface area contributed by atoms with E-state index in [0.717, 1.165) is 13.1 Å². The van der Waals surface area contributed by atoms with Crippen LogP contribution in [0, 0.1) is 0 Å². The van der Waals surface area contributed by atoms with Gasteiger partial charge in [0.1, 0.15) is 0 Å². The summed E-state index contributed by atoms with van der Waals surface area (Å²) in [5, 5.41) is 1.37. The van der Waals surface area contributed by atoms with Crippen molar-refractivity contribution in [2.24, 2.45) is 0 Å². The molecule has 2 heteroatoms. The van der Waals surface area contributed by atoms with Gasteiger partial charge in [-0.2, -0.15) is 0 Å². The number of anilines is 1. The molecule has 0 aliphatic rings. The highest BCUT2D eigenvalue weighted by molar-refractivity contribution is 7.16. The van der Waals surface area contributed by atoms with E-state index >= 15 is 0 Å². The van der Waals surface area contributed by atoms with E-state index in [0.29, 0.717) is 0 Å². The molecule has 0 aromatic carbocycles. The molecule has 0 amide bonds. The standard InChI is InChI=1S/C11H17NS/c1-4-7-10-8-9-11(13-10)12(5-2)6-3/h4,7-9H,5-6H2,1-3H3/b7-4+. The Labute approximate surface area is 84.7 Å². The summed E-state index contributed by atoms with van der Waals surface area (Å²) in [4.78, 5) is 3.71. The molecule has 1 rings (SSSR count). The van der Waals surface area contributed by atoms with Crippen LogP contribution in [0.1, 0.15) is 25.6 Å². The van der Waals surface area contributed by atoms with Gasteiger partial charge in [0.15, 0.2) is 0 Å². The lowest BCUT2D eigenvalue weighted by atomic mass is 10.4. The van der Waals surface area contributed by atoms with Crippen LogP contribution in [-0.2, 0) is 0 Å². The van der Waals surface area contributed by atoms with E-state index < -0.39 is 0 Å². The first-order valence-corrected chi connectivity index (χ1v) is 5.61. The summed E-state index contributed by atoms with van der Waals surface area (Å²) in [6, 6.07) is 4.38. The van der Waals surface area contributed by atoms with E-state index in [4.69, 9.17) is 0 Å². The maximum Gasteiger partial charge on any atom is 0.0914 e. The molecule has 0 bridgehead atoms. The highest BCUT2D eigenvalue weighted by atomic mass is 32.1. The van der Waals surface area contributed by atoms with Crippen LogP contribution in [0.5, 0.6) is 0 Å². The van der Waals surface area contributed by atoms with E-state index in [1.54, 1.807) is 0 Å². The van der Waals surface area contributed by atoms with Gasteiger partial charge in [-0.3, -0.25) is 0 Å². The van der Waals surface area contributed by atoms with Gasteiger partial charge in [-0.1, -0.05) is 6.08 Å². The van der Waals surface area contributed by atoms with Crippen molar-refractivity contribution < 1.29 is 0 Å². The summed E-state index contributed by atoms with van der Waals surface area (Å²) < 4.78 is 0. The lowest BCUT2D eigenvalue weighted by molar-refractivity contribution is 0.876. The molecule has 0 aliphatic carbocycles. The normalized spacial score (nSPS) is 11.0. The van der Waals surface area contributed by atoms with Crippen molar-refractivity contribution >= 4 is 22.4 Å². The summed E-state index contributed by atoms with van der Waals surface area (Å²) in [6.45, 7) is 8.62. The first kappa shape index (κ1) is 10.3. The van der Waals surface area contributed by atoms with E-state index in [1.807, 2.05) is 11.3 Å². The first-order valence-electron chi connectivity index (χ1n) is 4.79. The molecular weight excluding hydrogens is 178 g/mol. The summed E-state index contributed by atoms with van der Waals surface area (Å²) in [5.74, 6) is 0. The third-order valence-electron chi connectivity index (χ3n) is 2.02. The van der Waals surface area contributed by atoms with Crippen molar-refractivity contribution in [1.82, 2.24) is 0 Å². The zero-order valence-electron chi connectivity index (χ0n) is 8.58. The number of allylic oxidation sites excluding steroid dienone is 1. The predicted molar refractivity (Wildman–Crippen MR) is 62.6 cm³/mol. The maximum absolute atomic E-state index is 2.37. The number of rotatable bonds is 4. The molecule has 1 heterocycles. The van der Waals surface area contributed by atoms with Gasteiger partial charge in [0.2, 0.25) is 0 Å². The van der Waals surface area contributed by atoms with Gasteiger partial charge in [0, 0.05) is 18.0 Å². The highest BCUT2D eigenvalue weighted by Crippen LogP contribution is 2.26. The Kier molecular flexibility index (Phi) is 4.03. The Morgan fingerprint density at radius 3 is 2.54 bits per heavy atom. The maximum atomic E-state index is 2.37. The van der Waals surface area contributed by atoms with E-state index in [1.165, 1.54) is 9.88 Å². The van der Waals surface area contributed by atoms with Crippen LogP contribution in [-0.4, -0.2) is 13.1 Å². The number of hydrogen-bond acceptors (Lipinski definition) is 2. The minimum Gasteiger partial charge on any atom is -0.364 e. The Morgan fingerprint density at radius 2 is 2.00 bits per heavy atom. The minimum absolute atomic E-state index is 1.09. The SMILES string of the molecule is C/C=C/c1ccc(N(CC)CC)s1. The monoisotopic (exact) mass is 195 g/mol. The molecule has 0 atom stereocenters. The smallest absolute Gasteiger partial charge is 0.0914 e. The Balaban J connectivity index is 2.77. The fourth-order valence-corrected chi connectivity index (χ4v) is 2.41. The fraction of sp³-hybridized carbons (Fsp3) is 0.455. The quantitative estimate of drug-likeness (QED) is 0.709. The molecule has 1 aromatic heterocycles. The molecule has 1 nitrogen and oxygen atoms in total. The third-order valence-corrected chi connectivity index (χ3v) is 3.13. The highest BCUT2D eigenvalue weighted by Gasteiger charge is 2.03. The van der Waals surface area contributed by atoms with Crippen molar-refractivity contribution in [2.75, 3.05) is 18.0 Å². The summed E-state index contributed by atoms with van der Waals surface area (Å²) in [7, 11) is 0. The minimum atomic E-state index is 1.09. The Hall–Kier alpha value is -0.760. The molecule has 1 aromatic rings. The van der Waals surface area contributed by atoms with Crippen LogP contribution in [0.2, 0.25) is 0 Å². The van der Waals surface area contributed by atoms with Crippen molar-refractivity contribution in [3.05, 3.63) is 23.1 Å². The van der Waals surface area contributed by atoms with Gasteiger partial charge in [-0.15, -0.1) is 11.3 Å². The van der Waals surface area contributed by atoms with Crippen molar-refractivity contribution in [2.45, 2.75) is 20.8 Å².